The van der Waals surface area contributed by atoms with Gasteiger partial charge in [0.2, 0.25) is 0 Å². The number of hydrogen-bond donors (Lipinski definition) is 0. The molecule has 0 unspecified atom stereocenters. The quantitative estimate of drug-likeness (QED) is 0.175. The van der Waals surface area contributed by atoms with Crippen molar-refractivity contribution in [1.29, 1.82) is 0 Å². The Bertz CT molecular complexity index is 3520. The van der Waals surface area contributed by atoms with E-state index >= 15 is 0 Å². The zero-order valence-corrected chi connectivity index (χ0v) is 33.3. The van der Waals surface area contributed by atoms with Crippen molar-refractivity contribution in [2.45, 2.75) is 19.3 Å². The molecule has 0 saturated carbocycles. The molecule has 0 atom stereocenters. The van der Waals surface area contributed by atoms with Gasteiger partial charge in [-0.15, -0.1) is 0 Å². The van der Waals surface area contributed by atoms with Gasteiger partial charge in [0.25, 0.3) is 0 Å². The zero-order chi connectivity index (χ0) is 40.0. The van der Waals surface area contributed by atoms with Crippen LogP contribution in [0.3, 0.4) is 0 Å². The number of rotatable bonds is 5. The van der Waals surface area contributed by atoms with Crippen molar-refractivity contribution in [3.8, 4) is 67.3 Å². The fraction of sp³-hybridized carbons (Fsp3) is 0.0526. The molecule has 0 fully saturated rings. The maximum atomic E-state index is 6.31. The molecule has 0 radical (unpaired) electrons. The third-order valence-corrected chi connectivity index (χ3v) is 12.7. The molecule has 12 rings (SSSR count). The van der Waals surface area contributed by atoms with Gasteiger partial charge in [0, 0.05) is 32.9 Å². The van der Waals surface area contributed by atoms with E-state index in [0.29, 0.717) is 5.82 Å². The highest BCUT2D eigenvalue weighted by molar-refractivity contribution is 6.12. The number of hydrogen-bond acceptors (Lipinski definition) is 3. The van der Waals surface area contributed by atoms with Crippen LogP contribution in [0.15, 0.2) is 199 Å². The molecule has 1 aliphatic rings. The van der Waals surface area contributed by atoms with Crippen LogP contribution >= 0.6 is 0 Å². The smallest absolute Gasteiger partial charge is 0.160 e. The van der Waals surface area contributed by atoms with Crippen LogP contribution in [-0.2, 0) is 5.41 Å². The van der Waals surface area contributed by atoms with Gasteiger partial charge < -0.3 is 4.42 Å². The lowest BCUT2D eigenvalue weighted by Gasteiger charge is -2.23. The van der Waals surface area contributed by atoms with Crippen LogP contribution in [0.25, 0.3) is 111 Å². The van der Waals surface area contributed by atoms with Crippen LogP contribution in [-0.4, -0.2) is 9.97 Å². The number of fused-ring (bicyclic) bond motifs is 9. The van der Waals surface area contributed by atoms with E-state index in [2.05, 4.69) is 166 Å². The summed E-state index contributed by atoms with van der Waals surface area (Å²) in [6.07, 6.45) is 0. The predicted molar refractivity (Wildman–Crippen MR) is 249 cm³/mol. The number of nitrogens with zero attached hydrogens (tertiary/aromatic N) is 2. The van der Waals surface area contributed by atoms with Gasteiger partial charge in [-0.3, -0.25) is 0 Å². The minimum absolute atomic E-state index is 0.0835. The van der Waals surface area contributed by atoms with E-state index in [9.17, 15) is 0 Å². The molecule has 282 valence electrons. The van der Waals surface area contributed by atoms with Crippen molar-refractivity contribution >= 4 is 43.5 Å². The summed E-state index contributed by atoms with van der Waals surface area (Å²) in [5, 5.41) is 7.08. The molecule has 0 amide bonds. The topological polar surface area (TPSA) is 38.9 Å². The van der Waals surface area contributed by atoms with Crippen LogP contribution in [0.2, 0.25) is 0 Å². The summed E-state index contributed by atoms with van der Waals surface area (Å²) in [7, 11) is 0. The van der Waals surface area contributed by atoms with Crippen molar-refractivity contribution in [2.24, 2.45) is 0 Å². The summed E-state index contributed by atoms with van der Waals surface area (Å²) in [5.41, 5.74) is 16.6. The highest BCUT2D eigenvalue weighted by Crippen LogP contribution is 2.52. The largest absolute Gasteiger partial charge is 0.456 e. The molecule has 60 heavy (non-hydrogen) atoms. The number of aromatic nitrogens is 2. The second-order valence-electron chi connectivity index (χ2n) is 16.5. The van der Waals surface area contributed by atoms with Gasteiger partial charge in [0.05, 0.1) is 11.4 Å². The van der Waals surface area contributed by atoms with Crippen molar-refractivity contribution in [3.05, 3.63) is 205 Å². The molecule has 3 nitrogen and oxygen atoms in total. The van der Waals surface area contributed by atoms with E-state index in [1.54, 1.807) is 0 Å². The first-order valence-corrected chi connectivity index (χ1v) is 20.6. The predicted octanol–water partition coefficient (Wildman–Crippen LogP) is 15.3. The van der Waals surface area contributed by atoms with E-state index in [4.69, 9.17) is 14.4 Å². The van der Waals surface area contributed by atoms with Gasteiger partial charge in [-0.2, -0.15) is 0 Å². The minimum Gasteiger partial charge on any atom is -0.456 e. The maximum Gasteiger partial charge on any atom is 0.160 e. The number of furan rings is 1. The molecular weight excluding hydrogens is 729 g/mol. The Morgan fingerprint density at radius 1 is 0.383 bits per heavy atom. The van der Waals surface area contributed by atoms with E-state index in [1.165, 1.54) is 60.7 Å². The maximum absolute atomic E-state index is 6.31. The normalized spacial score (nSPS) is 13.0. The van der Waals surface area contributed by atoms with Gasteiger partial charge in [0.1, 0.15) is 11.2 Å². The van der Waals surface area contributed by atoms with Crippen molar-refractivity contribution in [2.75, 3.05) is 0 Å². The summed E-state index contributed by atoms with van der Waals surface area (Å²) in [6.45, 7) is 4.73. The van der Waals surface area contributed by atoms with Crippen LogP contribution in [0.4, 0.5) is 0 Å². The van der Waals surface area contributed by atoms with E-state index in [-0.39, 0.29) is 5.41 Å². The molecule has 11 aromatic rings. The number of para-hydroxylation sites is 1. The van der Waals surface area contributed by atoms with Crippen molar-refractivity contribution < 1.29 is 4.42 Å². The monoisotopic (exact) mass is 766 g/mol. The first kappa shape index (κ1) is 34.4. The summed E-state index contributed by atoms with van der Waals surface area (Å²) in [4.78, 5) is 10.5. The van der Waals surface area contributed by atoms with E-state index in [1.807, 2.05) is 42.5 Å². The lowest BCUT2D eigenvalue weighted by molar-refractivity contribution is 0.666. The first-order valence-electron chi connectivity index (χ1n) is 20.6. The Hall–Kier alpha value is -7.62. The van der Waals surface area contributed by atoms with Crippen LogP contribution in [0.1, 0.15) is 25.0 Å². The van der Waals surface area contributed by atoms with Crippen LogP contribution in [0, 0.1) is 0 Å². The van der Waals surface area contributed by atoms with Gasteiger partial charge in [-0.05, 0) is 96.4 Å². The van der Waals surface area contributed by atoms with Gasteiger partial charge in [-0.25, -0.2) is 9.97 Å². The second-order valence-corrected chi connectivity index (χ2v) is 16.5. The summed E-state index contributed by atoms with van der Waals surface area (Å²) < 4.78 is 6.31. The highest BCUT2D eigenvalue weighted by Gasteiger charge is 2.37. The Morgan fingerprint density at radius 2 is 1.00 bits per heavy atom. The molecule has 0 N–H and O–H groups in total. The molecule has 2 aromatic heterocycles. The zero-order valence-electron chi connectivity index (χ0n) is 33.3. The van der Waals surface area contributed by atoms with Gasteiger partial charge >= 0.3 is 0 Å². The van der Waals surface area contributed by atoms with Gasteiger partial charge in [-0.1, -0.05) is 178 Å². The Morgan fingerprint density at radius 3 is 1.85 bits per heavy atom. The standard InChI is InChI=1S/C57H38N2O/c1-57(2)49-31-27-38(33-48(49)45-28-26-35-14-6-7-19-41(35)55(45)57)37-17-12-18-39(32-37)40-29-30-44(43-21-9-8-20-42(40)43)50-34-51(59-56(58-50)36-15-4-3-5-16-36)46-23-13-25-53-54(46)47-22-10-11-24-52(47)60-53/h3-34H,1-2H3. The summed E-state index contributed by atoms with van der Waals surface area (Å²) in [6, 6.07) is 69.5. The first-order chi connectivity index (χ1) is 29.5. The lowest BCUT2D eigenvalue weighted by Crippen LogP contribution is -2.15. The molecule has 2 heterocycles. The second kappa shape index (κ2) is 13.2. The van der Waals surface area contributed by atoms with Gasteiger partial charge in [0.15, 0.2) is 5.82 Å². The number of benzene rings is 9. The molecule has 0 spiro atoms. The third-order valence-electron chi connectivity index (χ3n) is 12.7. The molecule has 0 saturated heterocycles. The molecule has 3 heteroatoms. The average Bonchev–Trinajstić information content (AvgIpc) is 3.80. The fourth-order valence-electron chi connectivity index (χ4n) is 9.86. The SMILES string of the molecule is CC1(C)c2ccc(-c3cccc(-c4ccc(-c5cc(-c6cccc7oc8ccccc8c67)nc(-c6ccccc6)n5)c5ccccc45)c3)cc2-c2ccc3ccccc3c21. The third kappa shape index (κ3) is 5.29. The Labute approximate surface area is 348 Å². The average molecular weight is 767 g/mol. The molecule has 9 aromatic carbocycles. The van der Waals surface area contributed by atoms with Crippen LogP contribution in [0.5, 0.6) is 0 Å². The van der Waals surface area contributed by atoms with Crippen molar-refractivity contribution in [1.82, 2.24) is 9.97 Å². The van der Waals surface area contributed by atoms with Crippen LogP contribution < -0.4 is 0 Å². The molecular formula is C57H38N2O. The molecule has 0 aliphatic heterocycles. The summed E-state index contributed by atoms with van der Waals surface area (Å²) in [5.74, 6) is 0.683. The van der Waals surface area contributed by atoms with Crippen molar-refractivity contribution in [3.63, 3.8) is 0 Å². The Balaban J connectivity index is 0.988. The molecule has 0 bridgehead atoms. The minimum atomic E-state index is -0.0835. The van der Waals surface area contributed by atoms with E-state index < -0.39 is 0 Å². The lowest BCUT2D eigenvalue weighted by atomic mass is 9.80. The van der Waals surface area contributed by atoms with E-state index in [0.717, 1.165) is 55.4 Å². The molecule has 1 aliphatic carbocycles. The highest BCUT2D eigenvalue weighted by atomic mass is 16.3. The summed E-state index contributed by atoms with van der Waals surface area (Å²) >= 11 is 0. The Kier molecular flexibility index (Phi) is 7.58. The fourth-order valence-corrected chi connectivity index (χ4v) is 9.86.